The quantitative estimate of drug-likeness (QED) is 0.646. The van der Waals surface area contributed by atoms with E-state index in [2.05, 4.69) is 19.2 Å². The number of aliphatic hydroxyl groups is 1. The maximum absolute atomic E-state index is 10.7. The van der Waals surface area contributed by atoms with Crippen molar-refractivity contribution in [3.8, 4) is 0 Å². The van der Waals surface area contributed by atoms with Crippen molar-refractivity contribution in [1.82, 2.24) is 5.32 Å². The molecule has 1 aliphatic rings. The number of primary amides is 1. The fraction of sp³-hybridized carbons (Fsp3) is 0.917. The van der Waals surface area contributed by atoms with E-state index in [9.17, 15) is 9.90 Å². The Morgan fingerprint density at radius 1 is 1.44 bits per heavy atom. The first-order valence-corrected chi connectivity index (χ1v) is 6.23. The molecule has 0 heterocycles. The monoisotopic (exact) mass is 228 g/mol. The van der Waals surface area contributed by atoms with E-state index >= 15 is 0 Å². The van der Waals surface area contributed by atoms with Crippen LogP contribution in [0.1, 0.15) is 39.5 Å². The lowest BCUT2D eigenvalue weighted by Gasteiger charge is -2.35. The summed E-state index contributed by atoms with van der Waals surface area (Å²) in [7, 11) is 0. The fourth-order valence-electron chi connectivity index (χ4n) is 2.57. The van der Waals surface area contributed by atoms with Gasteiger partial charge in [0.05, 0.1) is 0 Å². The normalized spacial score (nSPS) is 28.0. The van der Waals surface area contributed by atoms with Crippen molar-refractivity contribution < 1.29 is 9.90 Å². The molecule has 0 aromatic carbocycles. The molecule has 4 N–H and O–H groups in total. The van der Waals surface area contributed by atoms with Crippen LogP contribution in [0.15, 0.2) is 0 Å². The van der Waals surface area contributed by atoms with Gasteiger partial charge in [0, 0.05) is 12.6 Å². The number of amides is 1. The predicted molar refractivity (Wildman–Crippen MR) is 63.8 cm³/mol. The molecule has 1 amide bonds. The maximum atomic E-state index is 10.7. The number of carbonyl (C=O) groups excluding carboxylic acids is 1. The Labute approximate surface area is 97.6 Å². The molecule has 0 aromatic rings. The lowest BCUT2D eigenvalue weighted by Crippen LogP contribution is -2.46. The molecule has 1 saturated carbocycles. The van der Waals surface area contributed by atoms with E-state index in [4.69, 9.17) is 5.73 Å². The third-order valence-corrected chi connectivity index (χ3v) is 3.58. The Morgan fingerprint density at radius 2 is 2.06 bits per heavy atom. The zero-order valence-corrected chi connectivity index (χ0v) is 10.3. The minimum Gasteiger partial charge on any atom is -0.382 e. The van der Waals surface area contributed by atoms with E-state index in [-0.39, 0.29) is 6.54 Å². The van der Waals surface area contributed by atoms with Gasteiger partial charge in [0.15, 0.2) is 0 Å². The van der Waals surface area contributed by atoms with Crippen LogP contribution in [0, 0.1) is 11.8 Å². The first-order chi connectivity index (χ1) is 7.52. The van der Waals surface area contributed by atoms with E-state index < -0.39 is 12.0 Å². The van der Waals surface area contributed by atoms with Gasteiger partial charge in [-0.05, 0) is 24.7 Å². The van der Waals surface area contributed by atoms with Crippen LogP contribution in [0.2, 0.25) is 0 Å². The standard InChI is InChI=1S/C12H24N2O2/c1-8(2)9-5-3-4-6-10(9)14-7-11(15)12(13)16/h8-11,14-15H,3-7H2,1-2H3,(H2,13,16). The molecule has 4 nitrogen and oxygen atoms in total. The second kappa shape index (κ2) is 6.21. The molecule has 0 spiro atoms. The van der Waals surface area contributed by atoms with Crippen molar-refractivity contribution in [3.63, 3.8) is 0 Å². The average Bonchev–Trinajstić information content (AvgIpc) is 2.25. The van der Waals surface area contributed by atoms with Crippen molar-refractivity contribution in [3.05, 3.63) is 0 Å². The highest BCUT2D eigenvalue weighted by Gasteiger charge is 2.27. The SMILES string of the molecule is CC(C)C1CCCCC1NCC(O)C(N)=O. The smallest absolute Gasteiger partial charge is 0.247 e. The lowest BCUT2D eigenvalue weighted by atomic mass is 9.78. The number of hydrogen-bond acceptors (Lipinski definition) is 3. The van der Waals surface area contributed by atoms with E-state index in [0.717, 1.165) is 6.42 Å². The van der Waals surface area contributed by atoms with Gasteiger partial charge in [-0.3, -0.25) is 4.79 Å². The Kier molecular flexibility index (Phi) is 5.22. The highest BCUT2D eigenvalue weighted by atomic mass is 16.3. The Balaban J connectivity index is 2.41. The Bertz CT molecular complexity index is 231. The number of nitrogens with two attached hydrogens (primary N) is 1. The number of aliphatic hydroxyl groups excluding tert-OH is 1. The van der Waals surface area contributed by atoms with E-state index in [1.807, 2.05) is 0 Å². The van der Waals surface area contributed by atoms with Crippen molar-refractivity contribution in [1.29, 1.82) is 0 Å². The van der Waals surface area contributed by atoms with Crippen LogP contribution in [-0.4, -0.2) is 29.7 Å². The summed E-state index contributed by atoms with van der Waals surface area (Å²) >= 11 is 0. The zero-order valence-electron chi connectivity index (χ0n) is 10.3. The second-order valence-corrected chi connectivity index (χ2v) is 5.13. The van der Waals surface area contributed by atoms with Gasteiger partial charge >= 0.3 is 0 Å². The van der Waals surface area contributed by atoms with Crippen LogP contribution in [0.5, 0.6) is 0 Å². The van der Waals surface area contributed by atoms with Crippen LogP contribution in [0.25, 0.3) is 0 Å². The number of rotatable bonds is 5. The Hall–Kier alpha value is -0.610. The van der Waals surface area contributed by atoms with Crippen LogP contribution in [-0.2, 0) is 4.79 Å². The highest BCUT2D eigenvalue weighted by molar-refractivity contribution is 5.78. The number of hydrogen-bond donors (Lipinski definition) is 3. The number of nitrogens with one attached hydrogen (secondary N) is 1. The van der Waals surface area contributed by atoms with Crippen LogP contribution >= 0.6 is 0 Å². The third kappa shape index (κ3) is 3.76. The van der Waals surface area contributed by atoms with Gasteiger partial charge < -0.3 is 16.2 Å². The van der Waals surface area contributed by atoms with E-state index in [0.29, 0.717) is 17.9 Å². The molecule has 0 bridgehead atoms. The summed E-state index contributed by atoms with van der Waals surface area (Å²) in [4.78, 5) is 10.7. The summed E-state index contributed by atoms with van der Waals surface area (Å²) in [6.07, 6.45) is 3.83. The van der Waals surface area contributed by atoms with E-state index in [1.165, 1.54) is 19.3 Å². The Morgan fingerprint density at radius 3 is 2.62 bits per heavy atom. The molecule has 3 unspecified atom stereocenters. The first-order valence-electron chi connectivity index (χ1n) is 6.23. The highest BCUT2D eigenvalue weighted by Crippen LogP contribution is 2.30. The van der Waals surface area contributed by atoms with Gasteiger partial charge in [-0.1, -0.05) is 26.7 Å². The molecular formula is C12H24N2O2. The second-order valence-electron chi connectivity index (χ2n) is 5.13. The average molecular weight is 228 g/mol. The van der Waals surface area contributed by atoms with Crippen molar-refractivity contribution in [2.45, 2.75) is 51.7 Å². The molecule has 0 saturated heterocycles. The van der Waals surface area contributed by atoms with Crippen molar-refractivity contribution >= 4 is 5.91 Å². The van der Waals surface area contributed by atoms with Gasteiger partial charge in [-0.2, -0.15) is 0 Å². The van der Waals surface area contributed by atoms with Gasteiger partial charge in [0.1, 0.15) is 6.10 Å². The van der Waals surface area contributed by atoms with Gasteiger partial charge in [-0.15, -0.1) is 0 Å². The van der Waals surface area contributed by atoms with Gasteiger partial charge in [-0.25, -0.2) is 0 Å². The lowest BCUT2D eigenvalue weighted by molar-refractivity contribution is -0.125. The zero-order chi connectivity index (χ0) is 12.1. The molecule has 94 valence electrons. The van der Waals surface area contributed by atoms with Gasteiger partial charge in [0.2, 0.25) is 5.91 Å². The molecule has 4 heteroatoms. The third-order valence-electron chi connectivity index (χ3n) is 3.58. The largest absolute Gasteiger partial charge is 0.382 e. The minimum atomic E-state index is -1.06. The van der Waals surface area contributed by atoms with Crippen LogP contribution in [0.4, 0.5) is 0 Å². The summed E-state index contributed by atoms with van der Waals surface area (Å²) in [5.41, 5.74) is 5.02. The molecule has 16 heavy (non-hydrogen) atoms. The topological polar surface area (TPSA) is 75.3 Å². The van der Waals surface area contributed by atoms with Crippen molar-refractivity contribution in [2.24, 2.45) is 17.6 Å². The summed E-state index contributed by atoms with van der Waals surface area (Å²) < 4.78 is 0. The van der Waals surface area contributed by atoms with Crippen molar-refractivity contribution in [2.75, 3.05) is 6.54 Å². The molecule has 1 aliphatic carbocycles. The summed E-state index contributed by atoms with van der Waals surface area (Å²) in [6, 6.07) is 0.419. The van der Waals surface area contributed by atoms with E-state index in [1.54, 1.807) is 0 Å². The first kappa shape index (κ1) is 13.5. The molecule has 0 aliphatic heterocycles. The predicted octanol–water partition coefficient (Wildman–Crippen LogP) is 0.637. The van der Waals surface area contributed by atoms with Crippen LogP contribution < -0.4 is 11.1 Å². The summed E-state index contributed by atoms with van der Waals surface area (Å²) in [5, 5.41) is 12.6. The molecule has 1 rings (SSSR count). The number of carbonyl (C=O) groups is 1. The van der Waals surface area contributed by atoms with Gasteiger partial charge in [0.25, 0.3) is 0 Å². The summed E-state index contributed by atoms with van der Waals surface area (Å²) in [6.45, 7) is 4.74. The summed E-state index contributed by atoms with van der Waals surface area (Å²) in [5.74, 6) is 0.641. The molecule has 0 aromatic heterocycles. The molecule has 0 radical (unpaired) electrons. The molecular weight excluding hydrogens is 204 g/mol. The minimum absolute atomic E-state index is 0.281. The maximum Gasteiger partial charge on any atom is 0.247 e. The van der Waals surface area contributed by atoms with Crippen LogP contribution in [0.3, 0.4) is 0 Å². The fourth-order valence-corrected chi connectivity index (χ4v) is 2.57. The molecule has 3 atom stereocenters. The molecule has 1 fully saturated rings.